The Morgan fingerprint density at radius 1 is 0.971 bits per heavy atom. The average Bonchev–Trinajstić information content (AvgIpc) is 3.22. The van der Waals surface area contributed by atoms with E-state index in [9.17, 15) is 18.0 Å². The Morgan fingerprint density at radius 2 is 1.71 bits per heavy atom. The molecule has 0 unspecified atom stereocenters. The molecule has 0 saturated carbocycles. The molecule has 1 fully saturated rings. The fourth-order valence-electron chi connectivity index (χ4n) is 4.09. The number of aromatic nitrogens is 3. The summed E-state index contributed by atoms with van der Waals surface area (Å²) in [5, 5.41) is 3.18. The summed E-state index contributed by atoms with van der Waals surface area (Å²) in [4.78, 5) is 25.1. The molecule has 1 N–H and O–H groups in total. The Bertz CT molecular complexity index is 1330. The summed E-state index contributed by atoms with van der Waals surface area (Å²) >= 11 is 0. The number of nitrogens with one attached hydrogen (secondary N) is 1. The molecule has 0 atom stereocenters. The maximum Gasteiger partial charge on any atom is 0.242 e. The molecule has 10 heteroatoms. The van der Waals surface area contributed by atoms with Gasteiger partial charge in [-0.15, -0.1) is 0 Å². The number of piperazine rings is 1. The van der Waals surface area contributed by atoms with Crippen LogP contribution in [0.3, 0.4) is 0 Å². The Morgan fingerprint density at radius 3 is 2.44 bits per heavy atom. The molecule has 174 valence electrons. The number of hydrogen-bond donors (Lipinski definition) is 1. The first kappa shape index (κ1) is 21.7. The van der Waals surface area contributed by atoms with Crippen molar-refractivity contribution in [2.75, 3.05) is 42.9 Å². The molecule has 5 rings (SSSR count). The van der Waals surface area contributed by atoms with Crippen LogP contribution in [0.25, 0.3) is 16.9 Å². The fraction of sp³-hybridized carbons (Fsp3) is 0.208. The van der Waals surface area contributed by atoms with E-state index in [0.717, 1.165) is 6.07 Å². The summed E-state index contributed by atoms with van der Waals surface area (Å²) in [6, 6.07) is 9.48. The van der Waals surface area contributed by atoms with Crippen molar-refractivity contribution in [1.29, 1.82) is 0 Å². The monoisotopic (exact) mass is 466 g/mol. The molecular formula is C24H21F3N6O. The summed E-state index contributed by atoms with van der Waals surface area (Å²) in [5.74, 6) is -1.10. The van der Waals surface area contributed by atoms with Crippen molar-refractivity contribution in [3.63, 3.8) is 0 Å². The van der Waals surface area contributed by atoms with Crippen LogP contribution in [-0.2, 0) is 4.79 Å². The van der Waals surface area contributed by atoms with E-state index in [0.29, 0.717) is 54.6 Å². The predicted octanol–water partition coefficient (Wildman–Crippen LogP) is 3.57. The highest BCUT2D eigenvalue weighted by atomic mass is 19.1. The number of fused-ring (bicyclic) bond motifs is 1. The normalized spacial score (nSPS) is 14.0. The zero-order valence-corrected chi connectivity index (χ0v) is 18.1. The number of nitrogens with zero attached hydrogens (tertiary/aromatic N) is 5. The molecule has 4 aromatic rings. The number of hydrogen-bond acceptors (Lipinski definition) is 5. The third-order valence-corrected chi connectivity index (χ3v) is 5.84. The minimum absolute atomic E-state index is 0.0230. The first-order valence-electron chi connectivity index (χ1n) is 10.8. The van der Waals surface area contributed by atoms with E-state index in [1.54, 1.807) is 44.9 Å². The van der Waals surface area contributed by atoms with Gasteiger partial charge in [0, 0.05) is 50.2 Å². The lowest BCUT2D eigenvalue weighted by molar-refractivity contribution is -0.129. The highest BCUT2D eigenvalue weighted by Crippen LogP contribution is 2.28. The highest BCUT2D eigenvalue weighted by molar-refractivity contribution is 5.84. The van der Waals surface area contributed by atoms with Crippen LogP contribution in [0.2, 0.25) is 0 Å². The molecule has 2 aromatic heterocycles. The van der Waals surface area contributed by atoms with Crippen molar-refractivity contribution in [2.24, 2.45) is 0 Å². The molecule has 1 saturated heterocycles. The van der Waals surface area contributed by atoms with Gasteiger partial charge in [0.15, 0.2) is 5.65 Å². The highest BCUT2D eigenvalue weighted by Gasteiger charge is 2.24. The van der Waals surface area contributed by atoms with Gasteiger partial charge in [0.1, 0.15) is 29.0 Å². The van der Waals surface area contributed by atoms with Gasteiger partial charge in [-0.2, -0.15) is 0 Å². The number of carbonyl (C=O) groups is 1. The molecule has 1 aliphatic rings. The Labute approximate surface area is 193 Å². The number of imidazole rings is 1. The van der Waals surface area contributed by atoms with E-state index >= 15 is 0 Å². The first-order chi connectivity index (χ1) is 16.5. The average molecular weight is 466 g/mol. The topological polar surface area (TPSA) is 65.8 Å². The third-order valence-electron chi connectivity index (χ3n) is 5.84. The van der Waals surface area contributed by atoms with Crippen LogP contribution >= 0.6 is 0 Å². The van der Waals surface area contributed by atoms with E-state index in [-0.39, 0.29) is 18.3 Å². The summed E-state index contributed by atoms with van der Waals surface area (Å²) < 4.78 is 42.5. The molecule has 0 aliphatic carbocycles. The zero-order chi connectivity index (χ0) is 23.7. The van der Waals surface area contributed by atoms with E-state index in [2.05, 4.69) is 15.3 Å². The van der Waals surface area contributed by atoms with Gasteiger partial charge in [0.25, 0.3) is 0 Å². The Kier molecular flexibility index (Phi) is 5.79. The number of anilines is 2. The van der Waals surface area contributed by atoms with E-state index in [1.807, 2.05) is 0 Å². The van der Waals surface area contributed by atoms with E-state index in [4.69, 9.17) is 0 Å². The maximum atomic E-state index is 14.1. The Hall–Kier alpha value is -4.08. The fourth-order valence-corrected chi connectivity index (χ4v) is 4.09. The van der Waals surface area contributed by atoms with E-state index < -0.39 is 11.6 Å². The van der Waals surface area contributed by atoms with Crippen LogP contribution in [0.15, 0.2) is 61.1 Å². The molecule has 1 aliphatic heterocycles. The smallest absolute Gasteiger partial charge is 0.242 e. The second kappa shape index (κ2) is 9.05. The molecule has 34 heavy (non-hydrogen) atoms. The van der Waals surface area contributed by atoms with Crippen molar-refractivity contribution in [2.45, 2.75) is 0 Å². The summed E-state index contributed by atoms with van der Waals surface area (Å²) in [7, 11) is 0. The molecule has 7 nitrogen and oxygen atoms in total. The molecule has 3 heterocycles. The minimum Gasteiger partial charge on any atom is -0.366 e. The standard InChI is InChI=1S/C24H21F3N6O/c25-17-3-1-16(2-4-17)23-24(33-8-7-28-14-21(33)30-23)29-15-22(34)32-11-9-31(10-12-32)20-6-5-18(26)13-19(20)27/h1-8,13-14,29H,9-12,15H2. The van der Waals surface area contributed by atoms with Gasteiger partial charge in [-0.3, -0.25) is 14.2 Å². The SMILES string of the molecule is O=C(CNc1c(-c2ccc(F)cc2)nc2cnccn12)N1CCN(c2ccc(F)cc2F)CC1. The van der Waals surface area contributed by atoms with Crippen LogP contribution in [0.4, 0.5) is 24.7 Å². The second-order valence-electron chi connectivity index (χ2n) is 7.94. The van der Waals surface area contributed by atoms with Gasteiger partial charge in [0.2, 0.25) is 5.91 Å². The minimum atomic E-state index is -0.621. The summed E-state index contributed by atoms with van der Waals surface area (Å²) in [5.41, 5.74) is 2.20. The predicted molar refractivity (Wildman–Crippen MR) is 122 cm³/mol. The van der Waals surface area contributed by atoms with Crippen molar-refractivity contribution in [3.05, 3.63) is 78.5 Å². The number of carbonyl (C=O) groups excluding carboxylic acids is 1. The number of rotatable bonds is 5. The van der Waals surface area contributed by atoms with Crippen molar-refractivity contribution < 1.29 is 18.0 Å². The lowest BCUT2D eigenvalue weighted by Gasteiger charge is -2.36. The molecule has 1 amide bonds. The van der Waals surface area contributed by atoms with Gasteiger partial charge in [0.05, 0.1) is 18.4 Å². The largest absolute Gasteiger partial charge is 0.366 e. The van der Waals surface area contributed by atoms with Crippen LogP contribution in [0, 0.1) is 17.5 Å². The second-order valence-corrected chi connectivity index (χ2v) is 7.94. The van der Waals surface area contributed by atoms with E-state index in [1.165, 1.54) is 24.3 Å². The van der Waals surface area contributed by atoms with Crippen molar-refractivity contribution >= 4 is 23.1 Å². The van der Waals surface area contributed by atoms with Crippen LogP contribution in [0.5, 0.6) is 0 Å². The lowest BCUT2D eigenvalue weighted by atomic mass is 10.1. The third kappa shape index (κ3) is 4.26. The first-order valence-corrected chi connectivity index (χ1v) is 10.8. The molecule has 0 radical (unpaired) electrons. The molecular weight excluding hydrogens is 445 g/mol. The van der Waals surface area contributed by atoms with Crippen LogP contribution < -0.4 is 10.2 Å². The number of amides is 1. The van der Waals surface area contributed by atoms with Gasteiger partial charge in [-0.25, -0.2) is 18.2 Å². The van der Waals surface area contributed by atoms with Gasteiger partial charge < -0.3 is 15.1 Å². The van der Waals surface area contributed by atoms with Gasteiger partial charge >= 0.3 is 0 Å². The Balaban J connectivity index is 1.28. The quantitative estimate of drug-likeness (QED) is 0.487. The molecule has 2 aromatic carbocycles. The summed E-state index contributed by atoms with van der Waals surface area (Å²) in [6.45, 7) is 1.74. The van der Waals surface area contributed by atoms with Gasteiger partial charge in [-0.05, 0) is 36.4 Å². The maximum absolute atomic E-state index is 14.1. The van der Waals surface area contributed by atoms with Gasteiger partial charge in [-0.1, -0.05) is 0 Å². The molecule has 0 spiro atoms. The molecule has 0 bridgehead atoms. The number of halogens is 3. The number of benzene rings is 2. The van der Waals surface area contributed by atoms with Crippen LogP contribution in [0.1, 0.15) is 0 Å². The lowest BCUT2D eigenvalue weighted by Crippen LogP contribution is -2.50. The van der Waals surface area contributed by atoms with Crippen LogP contribution in [-0.4, -0.2) is 57.9 Å². The van der Waals surface area contributed by atoms with Crippen molar-refractivity contribution in [1.82, 2.24) is 19.3 Å². The summed E-state index contributed by atoms with van der Waals surface area (Å²) in [6.07, 6.45) is 4.95. The van der Waals surface area contributed by atoms with Crippen molar-refractivity contribution in [3.8, 4) is 11.3 Å². The zero-order valence-electron chi connectivity index (χ0n) is 18.1.